The number of aromatic nitrogens is 1. The molecule has 0 fully saturated rings. The van der Waals surface area contributed by atoms with Gasteiger partial charge in [0.15, 0.2) is 0 Å². The van der Waals surface area contributed by atoms with Crippen LogP contribution in [0, 0.1) is 6.92 Å². The third-order valence-corrected chi connectivity index (χ3v) is 2.91. The minimum absolute atomic E-state index is 0.599. The third kappa shape index (κ3) is 4.09. The summed E-state index contributed by atoms with van der Waals surface area (Å²) >= 11 is 12.8. The number of nitrogens with one attached hydrogen (secondary N) is 1. The minimum Gasteiger partial charge on any atom is -0.307 e. The van der Waals surface area contributed by atoms with Gasteiger partial charge in [-0.05, 0) is 6.92 Å². The van der Waals surface area contributed by atoms with E-state index in [9.17, 15) is 0 Å². The van der Waals surface area contributed by atoms with Gasteiger partial charge in [-0.25, -0.2) is 4.98 Å². The van der Waals surface area contributed by atoms with Gasteiger partial charge < -0.3 is 5.32 Å². The van der Waals surface area contributed by atoms with Crippen molar-refractivity contribution in [2.24, 2.45) is 0 Å². The first-order valence-electron chi connectivity index (χ1n) is 3.79. The first kappa shape index (κ1) is 11.0. The van der Waals surface area contributed by atoms with E-state index in [1.807, 2.05) is 13.1 Å². The van der Waals surface area contributed by atoms with Crippen molar-refractivity contribution in [2.45, 2.75) is 13.5 Å². The largest absolute Gasteiger partial charge is 0.307 e. The van der Waals surface area contributed by atoms with Crippen molar-refractivity contribution < 1.29 is 0 Å². The van der Waals surface area contributed by atoms with Crippen molar-refractivity contribution in [1.29, 1.82) is 0 Å². The van der Waals surface area contributed by atoms with E-state index in [1.54, 1.807) is 11.3 Å². The van der Waals surface area contributed by atoms with E-state index < -0.39 is 0 Å². The molecule has 1 N–H and O–H groups in total. The lowest BCUT2D eigenvalue weighted by Crippen LogP contribution is -2.13. The van der Waals surface area contributed by atoms with Gasteiger partial charge in [0.2, 0.25) is 0 Å². The number of rotatable bonds is 4. The van der Waals surface area contributed by atoms with Crippen LogP contribution in [0.4, 0.5) is 0 Å². The molecule has 0 aromatic carbocycles. The smallest absolute Gasteiger partial charge is 0.0897 e. The molecular formula is C8H10Cl2N2S. The Kier molecular flexibility index (Phi) is 4.73. The average Bonchev–Trinajstić information content (AvgIpc) is 2.51. The molecule has 0 aliphatic carbocycles. The summed E-state index contributed by atoms with van der Waals surface area (Å²) in [6.07, 6.45) is 1.87. The quantitative estimate of drug-likeness (QED) is 0.870. The lowest BCUT2D eigenvalue weighted by atomic mass is 10.5. The minimum atomic E-state index is 0.599. The highest BCUT2D eigenvalue weighted by Gasteiger charge is 1.97. The zero-order chi connectivity index (χ0) is 9.68. The average molecular weight is 237 g/mol. The fourth-order valence-corrected chi connectivity index (χ4v) is 1.77. The maximum Gasteiger partial charge on any atom is 0.0897 e. The van der Waals surface area contributed by atoms with E-state index in [0.717, 1.165) is 11.6 Å². The topological polar surface area (TPSA) is 24.9 Å². The molecule has 0 aliphatic rings. The summed E-state index contributed by atoms with van der Waals surface area (Å²) < 4.78 is 0. The molecular weight excluding hydrogens is 227 g/mol. The van der Waals surface area contributed by atoms with Gasteiger partial charge in [0, 0.05) is 34.7 Å². The molecule has 0 spiro atoms. The molecule has 1 heterocycles. The Hall–Kier alpha value is -0.0900. The number of aryl methyl sites for hydroxylation is 1. The molecule has 13 heavy (non-hydrogen) atoms. The Morgan fingerprint density at radius 3 is 3.08 bits per heavy atom. The van der Waals surface area contributed by atoms with Gasteiger partial charge >= 0.3 is 0 Å². The fraction of sp³-hybridized carbons (Fsp3) is 0.375. The van der Waals surface area contributed by atoms with Gasteiger partial charge in [-0.15, -0.1) is 11.3 Å². The van der Waals surface area contributed by atoms with E-state index in [4.69, 9.17) is 23.2 Å². The normalized spacial score (nSPS) is 12.1. The van der Waals surface area contributed by atoms with Gasteiger partial charge in [0.1, 0.15) is 0 Å². The Bertz CT molecular complexity index is 296. The second kappa shape index (κ2) is 5.60. The fourth-order valence-electron chi connectivity index (χ4n) is 0.831. The third-order valence-electron chi connectivity index (χ3n) is 1.38. The molecule has 0 unspecified atom stereocenters. The van der Waals surface area contributed by atoms with Crippen LogP contribution in [0.2, 0.25) is 0 Å². The molecule has 0 radical (unpaired) electrons. The van der Waals surface area contributed by atoms with Crippen LogP contribution in [0.1, 0.15) is 9.88 Å². The summed E-state index contributed by atoms with van der Waals surface area (Å²) in [4.78, 5) is 5.34. The summed E-state index contributed by atoms with van der Waals surface area (Å²) in [5.74, 6) is 0. The highest BCUT2D eigenvalue weighted by Crippen LogP contribution is 2.11. The molecule has 0 amide bonds. The number of nitrogens with zero attached hydrogens (tertiary/aromatic N) is 1. The molecule has 0 bridgehead atoms. The summed E-state index contributed by atoms with van der Waals surface area (Å²) in [6.45, 7) is 3.37. The number of halogens is 2. The van der Waals surface area contributed by atoms with Crippen LogP contribution in [0.5, 0.6) is 0 Å². The van der Waals surface area contributed by atoms with Crippen LogP contribution >= 0.6 is 34.5 Å². The maximum absolute atomic E-state index is 5.69. The van der Waals surface area contributed by atoms with E-state index in [0.29, 0.717) is 11.6 Å². The van der Waals surface area contributed by atoms with E-state index in [-0.39, 0.29) is 0 Å². The van der Waals surface area contributed by atoms with Crippen LogP contribution < -0.4 is 5.32 Å². The van der Waals surface area contributed by atoms with Crippen LogP contribution in [0.15, 0.2) is 16.8 Å². The Morgan fingerprint density at radius 2 is 2.54 bits per heavy atom. The molecule has 0 aliphatic heterocycles. The summed E-state index contributed by atoms with van der Waals surface area (Å²) in [5.41, 5.74) is 1.37. The van der Waals surface area contributed by atoms with Crippen LogP contribution in [-0.2, 0) is 6.54 Å². The van der Waals surface area contributed by atoms with Crippen molar-refractivity contribution in [3.63, 3.8) is 0 Å². The molecule has 2 nitrogen and oxygen atoms in total. The van der Waals surface area contributed by atoms with Crippen LogP contribution in [-0.4, -0.2) is 11.5 Å². The summed E-state index contributed by atoms with van der Waals surface area (Å²) in [6, 6.07) is 0. The lowest BCUT2D eigenvalue weighted by Gasteiger charge is -1.99. The summed E-state index contributed by atoms with van der Waals surface area (Å²) in [5, 5.41) is 4.84. The van der Waals surface area contributed by atoms with Crippen molar-refractivity contribution in [2.75, 3.05) is 6.54 Å². The van der Waals surface area contributed by atoms with Crippen LogP contribution in [0.3, 0.4) is 0 Å². The first-order valence-corrected chi connectivity index (χ1v) is 5.42. The van der Waals surface area contributed by atoms with Crippen molar-refractivity contribution in [1.82, 2.24) is 10.3 Å². The summed E-state index contributed by atoms with van der Waals surface area (Å²) in [7, 11) is 0. The van der Waals surface area contributed by atoms with E-state index in [2.05, 4.69) is 10.3 Å². The zero-order valence-corrected chi connectivity index (χ0v) is 9.51. The highest BCUT2D eigenvalue weighted by atomic mass is 35.5. The lowest BCUT2D eigenvalue weighted by molar-refractivity contribution is 0.763. The van der Waals surface area contributed by atoms with Gasteiger partial charge in [-0.1, -0.05) is 23.2 Å². The molecule has 0 saturated carbocycles. The monoisotopic (exact) mass is 236 g/mol. The Balaban J connectivity index is 2.28. The van der Waals surface area contributed by atoms with Crippen molar-refractivity contribution >= 4 is 34.5 Å². The van der Waals surface area contributed by atoms with Crippen molar-refractivity contribution in [3.05, 3.63) is 26.6 Å². The molecule has 1 rings (SSSR count). The predicted molar refractivity (Wildman–Crippen MR) is 58.3 cm³/mol. The molecule has 72 valence electrons. The second-order valence-electron chi connectivity index (χ2n) is 2.51. The maximum atomic E-state index is 5.69. The van der Waals surface area contributed by atoms with Crippen molar-refractivity contribution in [3.8, 4) is 0 Å². The molecule has 1 aromatic rings. The first-order chi connectivity index (χ1) is 6.22. The van der Waals surface area contributed by atoms with Gasteiger partial charge in [0.25, 0.3) is 0 Å². The molecule has 1 aromatic heterocycles. The van der Waals surface area contributed by atoms with E-state index in [1.165, 1.54) is 10.4 Å². The highest BCUT2D eigenvalue weighted by molar-refractivity contribution is 7.11. The Labute approximate surface area is 91.6 Å². The SMILES string of the molecule is Cc1ncc(CNCC(Cl)=CCl)s1. The number of thiazole rings is 1. The standard InChI is InChI=1S/C8H10Cl2N2S/c1-6-12-5-8(13-6)4-11-3-7(10)2-9/h2,5,11H,3-4H2,1H3. The predicted octanol–water partition coefficient (Wildman–Crippen LogP) is 2.86. The number of hydrogen-bond donors (Lipinski definition) is 1. The van der Waals surface area contributed by atoms with Gasteiger partial charge in [0.05, 0.1) is 5.01 Å². The van der Waals surface area contributed by atoms with Gasteiger partial charge in [-0.3, -0.25) is 0 Å². The zero-order valence-electron chi connectivity index (χ0n) is 7.18. The Morgan fingerprint density at radius 1 is 1.77 bits per heavy atom. The molecule has 0 atom stereocenters. The van der Waals surface area contributed by atoms with E-state index >= 15 is 0 Å². The second-order valence-corrected chi connectivity index (χ2v) is 4.53. The molecule has 0 saturated heterocycles. The molecule has 5 heteroatoms. The van der Waals surface area contributed by atoms with Crippen LogP contribution in [0.25, 0.3) is 0 Å². The van der Waals surface area contributed by atoms with Gasteiger partial charge in [-0.2, -0.15) is 0 Å². The number of hydrogen-bond acceptors (Lipinski definition) is 3.